The zero-order chi connectivity index (χ0) is 7.23. The van der Waals surface area contributed by atoms with E-state index in [0.717, 1.165) is 25.7 Å². The number of ether oxygens (including phenoxy) is 1. The van der Waals surface area contributed by atoms with Crippen LogP contribution in [-0.2, 0) is 4.74 Å². The molecule has 1 N–H and O–H groups in total. The molecule has 0 unspecified atom stereocenters. The lowest BCUT2D eigenvalue weighted by Gasteiger charge is -2.21. The molecule has 0 aromatic heterocycles. The number of hydrogen-bond donors (Lipinski definition) is 2. The third-order valence-corrected chi connectivity index (χ3v) is 2.23. The second-order valence-corrected chi connectivity index (χ2v) is 3.07. The van der Waals surface area contributed by atoms with Gasteiger partial charge in [-0.25, -0.2) is 0 Å². The number of thiol groups is 1. The van der Waals surface area contributed by atoms with Crippen molar-refractivity contribution in [2.24, 2.45) is 5.92 Å². The summed E-state index contributed by atoms with van der Waals surface area (Å²) in [6.45, 7) is 2.93. The van der Waals surface area contributed by atoms with Crippen molar-refractivity contribution < 1.29 is 4.74 Å². The second-order valence-electron chi connectivity index (χ2n) is 2.75. The lowest BCUT2D eigenvalue weighted by atomic mass is 9.97. The maximum absolute atomic E-state index is 5.24. The molecule has 1 aliphatic heterocycles. The fourth-order valence-electron chi connectivity index (χ4n) is 1.30. The van der Waals surface area contributed by atoms with Crippen LogP contribution in [-0.4, -0.2) is 19.8 Å². The van der Waals surface area contributed by atoms with Gasteiger partial charge in [-0.3, -0.25) is 4.72 Å². The highest BCUT2D eigenvalue weighted by molar-refractivity contribution is 7.78. The molecule has 0 aromatic carbocycles. The maximum Gasteiger partial charge on any atom is 0.0468 e. The average Bonchev–Trinajstić information content (AvgIpc) is 2.03. The molecular weight excluding hydrogens is 146 g/mol. The van der Waals surface area contributed by atoms with Crippen molar-refractivity contribution in [1.29, 1.82) is 0 Å². The Morgan fingerprint density at radius 2 is 2.10 bits per heavy atom. The fraction of sp³-hybridized carbons (Fsp3) is 1.00. The molecule has 1 rings (SSSR count). The Kier molecular flexibility index (Phi) is 4.18. The highest BCUT2D eigenvalue weighted by Gasteiger charge is 2.12. The molecule has 10 heavy (non-hydrogen) atoms. The van der Waals surface area contributed by atoms with Gasteiger partial charge in [-0.15, -0.1) is 0 Å². The van der Waals surface area contributed by atoms with Crippen LogP contribution in [0.5, 0.6) is 0 Å². The van der Waals surface area contributed by atoms with Crippen LogP contribution in [0.2, 0.25) is 0 Å². The summed E-state index contributed by atoms with van der Waals surface area (Å²) in [5, 5.41) is 0. The molecule has 0 aliphatic carbocycles. The minimum atomic E-state index is 0.869. The standard InChI is InChI=1S/C7H15NOS/c10-8-4-1-7-2-5-9-6-3-7/h7-8,10H,1-6H2. The van der Waals surface area contributed by atoms with E-state index >= 15 is 0 Å². The van der Waals surface area contributed by atoms with Gasteiger partial charge >= 0.3 is 0 Å². The smallest absolute Gasteiger partial charge is 0.0468 e. The van der Waals surface area contributed by atoms with Gasteiger partial charge in [0.05, 0.1) is 0 Å². The maximum atomic E-state index is 5.24. The van der Waals surface area contributed by atoms with Crippen LogP contribution >= 0.6 is 12.8 Å². The average molecular weight is 161 g/mol. The quantitative estimate of drug-likeness (QED) is 0.608. The van der Waals surface area contributed by atoms with Gasteiger partial charge in [-0.2, -0.15) is 0 Å². The van der Waals surface area contributed by atoms with Gasteiger partial charge in [-0.05, 0) is 25.2 Å². The van der Waals surface area contributed by atoms with Crippen LogP contribution in [0.3, 0.4) is 0 Å². The van der Waals surface area contributed by atoms with Gasteiger partial charge in [0.2, 0.25) is 0 Å². The Hall–Kier alpha value is 0.270. The molecule has 0 amide bonds. The van der Waals surface area contributed by atoms with Gasteiger partial charge < -0.3 is 4.74 Å². The number of nitrogens with one attached hydrogen (secondary N) is 1. The summed E-state index contributed by atoms with van der Waals surface area (Å²) < 4.78 is 8.11. The molecule has 0 saturated carbocycles. The van der Waals surface area contributed by atoms with E-state index in [1.807, 2.05) is 0 Å². The minimum Gasteiger partial charge on any atom is -0.381 e. The molecule has 1 heterocycles. The van der Waals surface area contributed by atoms with Gasteiger partial charge in [0, 0.05) is 19.8 Å². The number of rotatable bonds is 3. The minimum absolute atomic E-state index is 0.869. The lowest BCUT2D eigenvalue weighted by molar-refractivity contribution is 0.0644. The Bertz CT molecular complexity index is 83.7. The highest BCUT2D eigenvalue weighted by atomic mass is 32.1. The third kappa shape index (κ3) is 2.90. The summed E-state index contributed by atoms with van der Waals surface area (Å²) in [6.07, 6.45) is 3.71. The van der Waals surface area contributed by atoms with Crippen molar-refractivity contribution in [2.45, 2.75) is 19.3 Å². The highest BCUT2D eigenvalue weighted by Crippen LogP contribution is 2.17. The van der Waals surface area contributed by atoms with Crippen LogP contribution in [0.25, 0.3) is 0 Å². The molecule has 3 heteroatoms. The van der Waals surface area contributed by atoms with E-state index < -0.39 is 0 Å². The molecule has 1 fully saturated rings. The molecule has 0 spiro atoms. The van der Waals surface area contributed by atoms with Crippen LogP contribution in [0.15, 0.2) is 0 Å². The van der Waals surface area contributed by atoms with Crippen molar-refractivity contribution in [2.75, 3.05) is 19.8 Å². The summed E-state index contributed by atoms with van der Waals surface area (Å²) in [4.78, 5) is 0. The Balaban J connectivity index is 2.02. The molecule has 1 saturated heterocycles. The van der Waals surface area contributed by atoms with Gasteiger partial charge in [0.15, 0.2) is 0 Å². The molecule has 2 nitrogen and oxygen atoms in total. The fourth-order valence-corrected chi connectivity index (χ4v) is 1.43. The van der Waals surface area contributed by atoms with Crippen molar-refractivity contribution in [3.63, 3.8) is 0 Å². The van der Waals surface area contributed by atoms with Crippen LogP contribution in [0.1, 0.15) is 19.3 Å². The second kappa shape index (κ2) is 4.99. The molecule has 0 radical (unpaired) electrons. The van der Waals surface area contributed by atoms with E-state index in [9.17, 15) is 0 Å². The predicted molar refractivity (Wildman–Crippen MR) is 45.1 cm³/mol. The van der Waals surface area contributed by atoms with E-state index in [2.05, 4.69) is 17.5 Å². The van der Waals surface area contributed by atoms with Crippen molar-refractivity contribution in [1.82, 2.24) is 4.72 Å². The van der Waals surface area contributed by atoms with Crippen LogP contribution in [0.4, 0.5) is 0 Å². The zero-order valence-corrected chi connectivity index (χ0v) is 7.07. The monoisotopic (exact) mass is 161 g/mol. The third-order valence-electron chi connectivity index (χ3n) is 2.01. The topological polar surface area (TPSA) is 21.3 Å². The summed E-state index contributed by atoms with van der Waals surface area (Å²) in [5.41, 5.74) is 0. The van der Waals surface area contributed by atoms with Crippen LogP contribution in [0, 0.1) is 5.92 Å². The molecule has 1 aliphatic rings. The Morgan fingerprint density at radius 3 is 2.70 bits per heavy atom. The first kappa shape index (κ1) is 8.37. The van der Waals surface area contributed by atoms with Gasteiger partial charge in [0.1, 0.15) is 0 Å². The first-order valence-electron chi connectivity index (χ1n) is 3.88. The summed E-state index contributed by atoms with van der Waals surface area (Å²) in [5.74, 6) is 0.869. The van der Waals surface area contributed by atoms with Gasteiger partial charge in [-0.1, -0.05) is 12.8 Å². The van der Waals surface area contributed by atoms with E-state index in [1.165, 1.54) is 19.3 Å². The van der Waals surface area contributed by atoms with Crippen molar-refractivity contribution >= 4 is 12.8 Å². The predicted octanol–water partition coefficient (Wildman–Crippen LogP) is 1.24. The lowest BCUT2D eigenvalue weighted by Crippen LogP contribution is -2.18. The Morgan fingerprint density at radius 1 is 1.40 bits per heavy atom. The first-order chi connectivity index (χ1) is 4.93. The number of hydrogen-bond acceptors (Lipinski definition) is 3. The zero-order valence-electron chi connectivity index (χ0n) is 6.18. The molecule has 0 bridgehead atoms. The van der Waals surface area contributed by atoms with Gasteiger partial charge in [0.25, 0.3) is 0 Å². The molecule has 0 atom stereocenters. The molecule has 0 aromatic rings. The van der Waals surface area contributed by atoms with E-state index in [4.69, 9.17) is 4.74 Å². The molecular formula is C7H15NOS. The summed E-state index contributed by atoms with van der Waals surface area (Å²) in [7, 11) is 0. The van der Waals surface area contributed by atoms with Crippen molar-refractivity contribution in [3.05, 3.63) is 0 Å². The SMILES string of the molecule is SNCCC1CCOCC1. The summed E-state index contributed by atoms with van der Waals surface area (Å²) in [6, 6.07) is 0. The van der Waals surface area contributed by atoms with E-state index in [0.29, 0.717) is 0 Å². The molecule has 60 valence electrons. The van der Waals surface area contributed by atoms with Crippen LogP contribution < -0.4 is 4.72 Å². The van der Waals surface area contributed by atoms with Crippen molar-refractivity contribution in [3.8, 4) is 0 Å². The summed E-state index contributed by atoms with van der Waals surface area (Å²) >= 11 is 3.94. The normalized spacial score (nSPS) is 21.3. The Labute approximate surface area is 67.9 Å². The van der Waals surface area contributed by atoms with E-state index in [1.54, 1.807) is 0 Å². The largest absolute Gasteiger partial charge is 0.381 e. The first-order valence-corrected chi connectivity index (χ1v) is 4.33. The van der Waals surface area contributed by atoms with E-state index in [-0.39, 0.29) is 0 Å².